The lowest BCUT2D eigenvalue weighted by Gasteiger charge is -2.07. The van der Waals surface area contributed by atoms with Crippen LogP contribution < -0.4 is 5.32 Å². The highest BCUT2D eigenvalue weighted by Crippen LogP contribution is 2.16. The predicted octanol–water partition coefficient (Wildman–Crippen LogP) is 2.75. The lowest BCUT2D eigenvalue weighted by atomic mass is 10.2. The van der Waals surface area contributed by atoms with Gasteiger partial charge in [-0.25, -0.2) is 9.97 Å². The Balaban J connectivity index is 1.51. The van der Waals surface area contributed by atoms with Crippen molar-refractivity contribution in [2.45, 2.75) is 6.54 Å². The van der Waals surface area contributed by atoms with Gasteiger partial charge in [0.05, 0.1) is 0 Å². The number of benzene rings is 1. The lowest BCUT2D eigenvalue weighted by Crippen LogP contribution is -2.22. The number of imidazole rings is 1. The maximum absolute atomic E-state index is 12.3. The molecule has 0 spiro atoms. The normalized spacial score (nSPS) is 10.7. The molecule has 3 heterocycles. The van der Waals surface area contributed by atoms with Gasteiger partial charge in [-0.3, -0.25) is 14.3 Å². The van der Waals surface area contributed by atoms with Crippen molar-refractivity contribution in [1.82, 2.24) is 24.8 Å². The highest BCUT2D eigenvalue weighted by Gasteiger charge is 2.08. The molecule has 6 nitrogen and oxygen atoms in total. The zero-order valence-corrected chi connectivity index (χ0v) is 13.3. The van der Waals surface area contributed by atoms with Crippen LogP contribution in [0.3, 0.4) is 0 Å². The third-order valence-electron chi connectivity index (χ3n) is 3.89. The number of pyridine rings is 2. The van der Waals surface area contributed by atoms with E-state index >= 15 is 0 Å². The molecule has 122 valence electrons. The van der Waals surface area contributed by atoms with E-state index in [9.17, 15) is 4.79 Å². The quantitative estimate of drug-likeness (QED) is 0.625. The third-order valence-corrected chi connectivity index (χ3v) is 3.89. The Morgan fingerprint density at radius 2 is 1.84 bits per heavy atom. The average molecular weight is 329 g/mol. The zero-order chi connectivity index (χ0) is 17.1. The fourth-order valence-corrected chi connectivity index (χ4v) is 2.60. The number of fused-ring (bicyclic) bond motifs is 1. The van der Waals surface area contributed by atoms with E-state index in [0.717, 1.165) is 22.4 Å². The van der Waals surface area contributed by atoms with Crippen LogP contribution >= 0.6 is 0 Å². The van der Waals surface area contributed by atoms with Crippen LogP contribution in [-0.2, 0) is 6.54 Å². The van der Waals surface area contributed by atoms with Gasteiger partial charge in [0.2, 0.25) is 0 Å². The van der Waals surface area contributed by atoms with E-state index in [0.29, 0.717) is 12.1 Å². The molecule has 4 aromatic rings. The van der Waals surface area contributed by atoms with Crippen LogP contribution in [0.5, 0.6) is 0 Å². The Hall–Kier alpha value is -3.54. The molecule has 6 heteroatoms. The molecule has 0 radical (unpaired) electrons. The van der Waals surface area contributed by atoms with Crippen molar-refractivity contribution in [2.75, 3.05) is 0 Å². The molecule has 1 N–H and O–H groups in total. The second kappa shape index (κ2) is 6.52. The first-order valence-electron chi connectivity index (χ1n) is 7.87. The summed E-state index contributed by atoms with van der Waals surface area (Å²) in [6, 6.07) is 14.9. The fourth-order valence-electron chi connectivity index (χ4n) is 2.60. The number of nitrogens with one attached hydrogen (secondary N) is 1. The highest BCUT2D eigenvalue weighted by atomic mass is 16.1. The third kappa shape index (κ3) is 3.10. The van der Waals surface area contributed by atoms with Gasteiger partial charge >= 0.3 is 0 Å². The van der Waals surface area contributed by atoms with E-state index in [1.54, 1.807) is 37.1 Å². The number of hydrogen-bond acceptors (Lipinski definition) is 4. The van der Waals surface area contributed by atoms with Crippen LogP contribution in [-0.4, -0.2) is 25.4 Å². The van der Waals surface area contributed by atoms with Gasteiger partial charge in [0.1, 0.15) is 11.8 Å². The van der Waals surface area contributed by atoms with Gasteiger partial charge in [-0.1, -0.05) is 6.07 Å². The van der Waals surface area contributed by atoms with E-state index in [-0.39, 0.29) is 5.91 Å². The van der Waals surface area contributed by atoms with Crippen LogP contribution in [0.4, 0.5) is 0 Å². The highest BCUT2D eigenvalue weighted by molar-refractivity contribution is 5.94. The second-order valence-electron chi connectivity index (χ2n) is 5.55. The molecule has 1 amide bonds. The molecule has 25 heavy (non-hydrogen) atoms. The number of amides is 1. The summed E-state index contributed by atoms with van der Waals surface area (Å²) in [5, 5.41) is 2.89. The second-order valence-corrected chi connectivity index (χ2v) is 5.55. The van der Waals surface area contributed by atoms with E-state index in [4.69, 9.17) is 0 Å². The average Bonchev–Trinajstić information content (AvgIpc) is 3.11. The minimum atomic E-state index is -0.121. The van der Waals surface area contributed by atoms with Crippen molar-refractivity contribution < 1.29 is 4.79 Å². The standard InChI is InChI=1S/C19H15N5O/c25-19(22-12-14-3-1-9-20-11-14)15-5-7-16(8-6-15)24-13-23-17-4-2-10-21-18(17)24/h1-11,13H,12H2,(H,22,25). The fraction of sp³-hybridized carbons (Fsp3) is 0.0526. The SMILES string of the molecule is O=C(NCc1cccnc1)c1ccc(-n2cnc3cccnc32)cc1. The molecular weight excluding hydrogens is 314 g/mol. The molecule has 0 bridgehead atoms. The van der Waals surface area contributed by atoms with E-state index < -0.39 is 0 Å². The van der Waals surface area contributed by atoms with E-state index in [1.807, 2.05) is 41.0 Å². The van der Waals surface area contributed by atoms with Gasteiger partial charge in [-0.15, -0.1) is 0 Å². The van der Waals surface area contributed by atoms with Gasteiger partial charge in [0.15, 0.2) is 5.65 Å². The first-order chi connectivity index (χ1) is 12.3. The van der Waals surface area contributed by atoms with Crippen LogP contribution in [0, 0.1) is 0 Å². The molecule has 0 saturated carbocycles. The summed E-state index contributed by atoms with van der Waals surface area (Å²) in [4.78, 5) is 25.0. The molecule has 0 atom stereocenters. The zero-order valence-electron chi connectivity index (χ0n) is 13.3. The number of rotatable bonds is 4. The molecule has 0 unspecified atom stereocenters. The number of carbonyl (C=O) groups excluding carboxylic acids is 1. The summed E-state index contributed by atoms with van der Waals surface area (Å²) < 4.78 is 1.90. The van der Waals surface area contributed by atoms with Crippen LogP contribution in [0.25, 0.3) is 16.9 Å². The van der Waals surface area contributed by atoms with Gasteiger partial charge in [0.25, 0.3) is 5.91 Å². The summed E-state index contributed by atoms with van der Waals surface area (Å²) in [5.41, 5.74) is 4.09. The molecule has 4 rings (SSSR count). The Labute approximate surface area is 144 Å². The topological polar surface area (TPSA) is 72.7 Å². The smallest absolute Gasteiger partial charge is 0.251 e. The largest absolute Gasteiger partial charge is 0.348 e. The van der Waals surface area contributed by atoms with Gasteiger partial charge in [0, 0.05) is 36.4 Å². The van der Waals surface area contributed by atoms with Crippen molar-refractivity contribution in [2.24, 2.45) is 0 Å². The Bertz CT molecular complexity index is 1010. The van der Waals surface area contributed by atoms with Gasteiger partial charge in [-0.05, 0) is 48.0 Å². The van der Waals surface area contributed by atoms with Crippen LogP contribution in [0.15, 0.2) is 73.4 Å². The Morgan fingerprint density at radius 1 is 1.00 bits per heavy atom. The van der Waals surface area contributed by atoms with Crippen molar-refractivity contribution >= 4 is 17.1 Å². The van der Waals surface area contributed by atoms with Crippen molar-refractivity contribution in [3.63, 3.8) is 0 Å². The monoisotopic (exact) mass is 329 g/mol. The summed E-state index contributed by atoms with van der Waals surface area (Å²) in [6.45, 7) is 0.449. The van der Waals surface area contributed by atoms with Crippen molar-refractivity contribution in [3.05, 3.63) is 84.6 Å². The summed E-state index contributed by atoms with van der Waals surface area (Å²) in [5.74, 6) is -0.121. The number of nitrogens with zero attached hydrogens (tertiary/aromatic N) is 4. The van der Waals surface area contributed by atoms with E-state index in [1.165, 1.54) is 0 Å². The first kappa shape index (κ1) is 15.0. The summed E-state index contributed by atoms with van der Waals surface area (Å²) in [6.07, 6.45) is 6.91. The Morgan fingerprint density at radius 3 is 2.64 bits per heavy atom. The first-order valence-corrected chi connectivity index (χ1v) is 7.87. The summed E-state index contributed by atoms with van der Waals surface area (Å²) in [7, 11) is 0. The van der Waals surface area contributed by atoms with Gasteiger partial charge in [-0.2, -0.15) is 0 Å². The van der Waals surface area contributed by atoms with Crippen LogP contribution in [0.2, 0.25) is 0 Å². The molecule has 0 aliphatic heterocycles. The molecule has 3 aromatic heterocycles. The van der Waals surface area contributed by atoms with Crippen molar-refractivity contribution in [3.8, 4) is 5.69 Å². The predicted molar refractivity (Wildman–Crippen MR) is 94.3 cm³/mol. The van der Waals surface area contributed by atoms with Crippen molar-refractivity contribution in [1.29, 1.82) is 0 Å². The number of aromatic nitrogens is 4. The molecular formula is C19H15N5O. The minimum Gasteiger partial charge on any atom is -0.348 e. The van der Waals surface area contributed by atoms with Gasteiger partial charge < -0.3 is 5.32 Å². The molecule has 0 aliphatic rings. The lowest BCUT2D eigenvalue weighted by molar-refractivity contribution is 0.0951. The molecule has 0 fully saturated rings. The molecule has 1 aromatic carbocycles. The van der Waals surface area contributed by atoms with E-state index in [2.05, 4.69) is 20.3 Å². The maximum atomic E-state index is 12.3. The minimum absolute atomic E-state index is 0.121. The molecule has 0 aliphatic carbocycles. The number of hydrogen-bond donors (Lipinski definition) is 1. The number of carbonyl (C=O) groups is 1. The Kier molecular flexibility index (Phi) is 3.92. The maximum Gasteiger partial charge on any atom is 0.251 e. The summed E-state index contributed by atoms with van der Waals surface area (Å²) >= 11 is 0. The molecule has 0 saturated heterocycles. The van der Waals surface area contributed by atoms with Crippen LogP contribution in [0.1, 0.15) is 15.9 Å².